The summed E-state index contributed by atoms with van der Waals surface area (Å²) in [4.78, 5) is 0.448. The molecule has 4 bridgehead atoms. The normalized spacial score (nSPS) is 36.5. The third-order valence-electron chi connectivity index (χ3n) is 5.01. The van der Waals surface area contributed by atoms with Crippen LogP contribution < -0.4 is 5.32 Å². The Kier molecular flexibility index (Phi) is 2.75. The van der Waals surface area contributed by atoms with E-state index in [1.807, 2.05) is 23.4 Å². The van der Waals surface area contributed by atoms with E-state index < -0.39 is 10.0 Å². The van der Waals surface area contributed by atoms with Crippen molar-refractivity contribution in [2.45, 2.75) is 61.7 Å². The van der Waals surface area contributed by atoms with Crippen molar-refractivity contribution < 1.29 is 8.42 Å². The highest BCUT2D eigenvalue weighted by atomic mass is 32.2. The number of rotatable bonds is 2. The van der Waals surface area contributed by atoms with Gasteiger partial charge in [0.1, 0.15) is 0 Å². The molecule has 0 saturated carbocycles. The summed E-state index contributed by atoms with van der Waals surface area (Å²) in [6, 6.07) is 8.71. The van der Waals surface area contributed by atoms with Crippen LogP contribution in [0.1, 0.15) is 31.2 Å². The molecule has 0 unspecified atom stereocenters. The van der Waals surface area contributed by atoms with Gasteiger partial charge in [0.2, 0.25) is 10.0 Å². The Morgan fingerprint density at radius 2 is 1.50 bits per heavy atom. The molecule has 1 N–H and O–H groups in total. The Balaban J connectivity index is 1.71. The van der Waals surface area contributed by atoms with Crippen molar-refractivity contribution >= 4 is 10.0 Å². The molecular weight excluding hydrogens is 272 g/mol. The lowest BCUT2D eigenvalue weighted by atomic mass is 9.76. The second-order valence-corrected chi connectivity index (χ2v) is 8.30. The van der Waals surface area contributed by atoms with Crippen molar-refractivity contribution in [2.24, 2.45) is 0 Å². The van der Waals surface area contributed by atoms with Crippen molar-refractivity contribution in [3.8, 4) is 0 Å². The Morgan fingerprint density at radius 3 is 2.00 bits per heavy atom. The lowest BCUT2D eigenvalue weighted by Gasteiger charge is -2.55. The molecule has 0 radical (unpaired) electrons. The van der Waals surface area contributed by atoms with Gasteiger partial charge in [-0.3, -0.25) is 0 Å². The maximum atomic E-state index is 12.9. The lowest BCUT2D eigenvalue weighted by molar-refractivity contribution is 0.0272. The van der Waals surface area contributed by atoms with Crippen LogP contribution >= 0.6 is 0 Å². The molecule has 0 spiro atoms. The smallest absolute Gasteiger partial charge is 0.243 e. The van der Waals surface area contributed by atoms with Crippen LogP contribution in [0.3, 0.4) is 0 Å². The predicted molar refractivity (Wildman–Crippen MR) is 77.0 cm³/mol. The minimum atomic E-state index is -3.34. The van der Waals surface area contributed by atoms with Crippen LogP contribution in [-0.2, 0) is 10.0 Å². The highest BCUT2D eigenvalue weighted by Gasteiger charge is 2.51. The average Bonchev–Trinajstić information content (AvgIpc) is 2.37. The molecule has 20 heavy (non-hydrogen) atoms. The second-order valence-electron chi connectivity index (χ2n) is 6.46. The average molecular weight is 292 g/mol. The van der Waals surface area contributed by atoms with E-state index in [0.29, 0.717) is 17.0 Å². The molecule has 1 aromatic rings. The first-order chi connectivity index (χ1) is 9.54. The highest BCUT2D eigenvalue weighted by molar-refractivity contribution is 7.89. The largest absolute Gasteiger partial charge is 0.311 e. The number of piperidine rings is 4. The molecule has 5 rings (SSSR count). The SMILES string of the molecule is Cc1ccc(S(=O)(=O)N2C3CC4CC2CC(C3)N4)cc1. The van der Waals surface area contributed by atoms with E-state index in [1.165, 1.54) is 0 Å². The number of nitrogens with one attached hydrogen (secondary N) is 1. The number of hydrogen-bond donors (Lipinski definition) is 1. The van der Waals surface area contributed by atoms with E-state index in [4.69, 9.17) is 0 Å². The molecule has 108 valence electrons. The maximum Gasteiger partial charge on any atom is 0.243 e. The molecule has 0 aromatic heterocycles. The van der Waals surface area contributed by atoms with E-state index in [0.717, 1.165) is 31.2 Å². The van der Waals surface area contributed by atoms with Crippen molar-refractivity contribution in [2.75, 3.05) is 0 Å². The van der Waals surface area contributed by atoms with E-state index in [1.54, 1.807) is 12.1 Å². The van der Waals surface area contributed by atoms with Crippen LogP contribution in [0.2, 0.25) is 0 Å². The molecule has 4 nitrogen and oxygen atoms in total. The predicted octanol–water partition coefficient (Wildman–Crippen LogP) is 1.65. The first-order valence-electron chi connectivity index (χ1n) is 7.40. The molecule has 0 amide bonds. The van der Waals surface area contributed by atoms with Gasteiger partial charge >= 0.3 is 0 Å². The summed E-state index contributed by atoms with van der Waals surface area (Å²) < 4.78 is 27.7. The number of sulfonamides is 1. The third-order valence-corrected chi connectivity index (χ3v) is 7.03. The maximum absolute atomic E-state index is 12.9. The zero-order chi connectivity index (χ0) is 13.9. The van der Waals surface area contributed by atoms with Crippen LogP contribution in [0.25, 0.3) is 0 Å². The lowest BCUT2D eigenvalue weighted by Crippen LogP contribution is -2.68. The van der Waals surface area contributed by atoms with Crippen LogP contribution in [0.5, 0.6) is 0 Å². The summed E-state index contributed by atoms with van der Waals surface area (Å²) in [5.41, 5.74) is 1.09. The molecule has 0 aliphatic carbocycles. The van der Waals surface area contributed by atoms with Crippen molar-refractivity contribution in [3.05, 3.63) is 29.8 Å². The topological polar surface area (TPSA) is 49.4 Å². The summed E-state index contributed by atoms with van der Waals surface area (Å²) in [5.74, 6) is 0. The van der Waals surface area contributed by atoms with Crippen LogP contribution in [0.15, 0.2) is 29.2 Å². The molecule has 4 heterocycles. The molecule has 4 aliphatic rings. The highest BCUT2D eigenvalue weighted by Crippen LogP contribution is 2.42. The van der Waals surface area contributed by atoms with Gasteiger partial charge < -0.3 is 5.32 Å². The number of hydrogen-bond acceptors (Lipinski definition) is 3. The Hall–Kier alpha value is -0.910. The fraction of sp³-hybridized carbons (Fsp3) is 0.600. The van der Waals surface area contributed by atoms with Gasteiger partial charge in [0.25, 0.3) is 0 Å². The monoisotopic (exact) mass is 292 g/mol. The molecule has 4 fully saturated rings. The number of aryl methyl sites for hydroxylation is 1. The summed E-state index contributed by atoms with van der Waals surface area (Å²) in [7, 11) is -3.34. The summed E-state index contributed by atoms with van der Waals surface area (Å²) >= 11 is 0. The molecule has 1 aromatic carbocycles. The van der Waals surface area contributed by atoms with E-state index in [9.17, 15) is 8.42 Å². The Labute approximate surface area is 120 Å². The van der Waals surface area contributed by atoms with Gasteiger partial charge in [-0.1, -0.05) is 17.7 Å². The van der Waals surface area contributed by atoms with Gasteiger partial charge in [0, 0.05) is 24.2 Å². The van der Waals surface area contributed by atoms with Gasteiger partial charge in [-0.05, 0) is 44.7 Å². The van der Waals surface area contributed by atoms with Crippen molar-refractivity contribution in [1.29, 1.82) is 0 Å². The second kappa shape index (κ2) is 4.29. The van der Waals surface area contributed by atoms with Crippen molar-refractivity contribution in [1.82, 2.24) is 9.62 Å². The van der Waals surface area contributed by atoms with Crippen LogP contribution in [0.4, 0.5) is 0 Å². The zero-order valence-electron chi connectivity index (χ0n) is 11.6. The summed E-state index contributed by atoms with van der Waals surface area (Å²) in [6.45, 7) is 1.98. The molecule has 0 atom stereocenters. The van der Waals surface area contributed by atoms with Gasteiger partial charge in [-0.25, -0.2) is 8.42 Å². The Morgan fingerprint density at radius 1 is 1.00 bits per heavy atom. The van der Waals surface area contributed by atoms with Crippen molar-refractivity contribution in [3.63, 3.8) is 0 Å². The van der Waals surface area contributed by atoms with E-state index in [-0.39, 0.29) is 12.1 Å². The van der Waals surface area contributed by atoms with Gasteiger partial charge in [0.05, 0.1) is 4.90 Å². The zero-order valence-corrected chi connectivity index (χ0v) is 12.4. The van der Waals surface area contributed by atoms with Crippen LogP contribution in [-0.4, -0.2) is 36.9 Å². The fourth-order valence-corrected chi connectivity index (χ4v) is 6.09. The molecular formula is C15H20N2O2S. The van der Waals surface area contributed by atoms with Crippen LogP contribution in [0, 0.1) is 6.92 Å². The summed E-state index contributed by atoms with van der Waals surface area (Å²) in [5, 5.41) is 3.61. The summed E-state index contributed by atoms with van der Waals surface area (Å²) in [6.07, 6.45) is 3.88. The Bertz CT molecular complexity index is 596. The minimum Gasteiger partial charge on any atom is -0.311 e. The minimum absolute atomic E-state index is 0.199. The molecule has 4 aliphatic heterocycles. The standard InChI is InChI=1S/C15H20N2O2S/c1-10-2-4-15(5-3-10)20(18,19)17-13-6-11-7-14(17)9-12(8-13)16-11/h2-5,11-14,16H,6-9H2,1H3. The van der Waals surface area contributed by atoms with Gasteiger partial charge in [-0.2, -0.15) is 4.31 Å². The number of benzene rings is 1. The first kappa shape index (κ1) is 12.8. The molecule has 4 saturated heterocycles. The van der Waals surface area contributed by atoms with E-state index >= 15 is 0 Å². The van der Waals surface area contributed by atoms with Gasteiger partial charge in [-0.15, -0.1) is 0 Å². The molecule has 5 heteroatoms. The number of nitrogens with zero attached hydrogens (tertiary/aromatic N) is 1. The first-order valence-corrected chi connectivity index (χ1v) is 8.84. The third kappa shape index (κ3) is 1.84. The fourth-order valence-electron chi connectivity index (χ4n) is 4.24. The van der Waals surface area contributed by atoms with Gasteiger partial charge in [0.15, 0.2) is 0 Å². The quantitative estimate of drug-likeness (QED) is 0.902. The van der Waals surface area contributed by atoms with E-state index in [2.05, 4.69) is 5.32 Å².